The summed E-state index contributed by atoms with van der Waals surface area (Å²) >= 11 is 0. The van der Waals surface area contributed by atoms with Crippen LogP contribution in [0.3, 0.4) is 0 Å². The Bertz CT molecular complexity index is 966. The van der Waals surface area contributed by atoms with Gasteiger partial charge in [0.05, 0.1) is 0 Å². The van der Waals surface area contributed by atoms with E-state index in [0.29, 0.717) is 16.8 Å². The largest absolute Gasteiger partial charge is 0.363 e. The van der Waals surface area contributed by atoms with Gasteiger partial charge in [-0.15, -0.1) is 0 Å². The van der Waals surface area contributed by atoms with Gasteiger partial charge in [0.15, 0.2) is 5.82 Å². The molecule has 0 amide bonds. The van der Waals surface area contributed by atoms with Crippen LogP contribution in [0.4, 0.5) is 5.82 Å². The van der Waals surface area contributed by atoms with Gasteiger partial charge in [-0.2, -0.15) is 15.2 Å². The SMILES string of the molecule is Cc1n[nH]c(=O)nc1N/N=C(/C(=O)c1ccccc1)c1ccccc1. The molecule has 2 N–H and O–H groups in total. The first-order chi connectivity index (χ1) is 12.1. The van der Waals surface area contributed by atoms with E-state index >= 15 is 0 Å². The highest BCUT2D eigenvalue weighted by atomic mass is 16.1. The van der Waals surface area contributed by atoms with Gasteiger partial charge in [0.25, 0.3) is 0 Å². The number of hydrogen-bond acceptors (Lipinski definition) is 6. The summed E-state index contributed by atoms with van der Waals surface area (Å²) < 4.78 is 0. The number of H-pyrrole nitrogens is 1. The molecule has 25 heavy (non-hydrogen) atoms. The van der Waals surface area contributed by atoms with Crippen LogP contribution in [0.15, 0.2) is 70.6 Å². The molecule has 0 bridgehead atoms. The number of anilines is 1. The zero-order valence-electron chi connectivity index (χ0n) is 13.4. The van der Waals surface area contributed by atoms with Crippen LogP contribution in [0.25, 0.3) is 0 Å². The van der Waals surface area contributed by atoms with Gasteiger partial charge in [-0.3, -0.25) is 10.2 Å². The number of ketones is 1. The third-order valence-corrected chi connectivity index (χ3v) is 3.45. The van der Waals surface area contributed by atoms with Crippen molar-refractivity contribution in [1.29, 1.82) is 0 Å². The van der Waals surface area contributed by atoms with Gasteiger partial charge >= 0.3 is 5.69 Å². The van der Waals surface area contributed by atoms with E-state index in [0.717, 1.165) is 0 Å². The number of rotatable bonds is 5. The molecule has 1 heterocycles. The Kier molecular flexibility index (Phi) is 4.75. The highest BCUT2D eigenvalue weighted by Gasteiger charge is 2.16. The second-order valence-corrected chi connectivity index (χ2v) is 5.21. The summed E-state index contributed by atoms with van der Waals surface area (Å²) in [6.45, 7) is 1.67. The van der Waals surface area contributed by atoms with E-state index in [4.69, 9.17) is 0 Å². The summed E-state index contributed by atoms with van der Waals surface area (Å²) in [6, 6.07) is 17.9. The molecule has 3 aromatic rings. The fraction of sp³-hybridized carbons (Fsp3) is 0.0556. The number of carbonyl (C=O) groups excluding carboxylic acids is 1. The molecule has 0 fully saturated rings. The molecule has 2 aromatic carbocycles. The van der Waals surface area contributed by atoms with Crippen LogP contribution >= 0.6 is 0 Å². The first kappa shape index (κ1) is 16.3. The minimum absolute atomic E-state index is 0.193. The lowest BCUT2D eigenvalue weighted by molar-refractivity contribution is 0.106. The Labute approximate surface area is 143 Å². The molecule has 0 atom stereocenters. The predicted octanol–water partition coefficient (Wildman–Crippen LogP) is 2.17. The number of benzene rings is 2. The summed E-state index contributed by atoms with van der Waals surface area (Å²) in [5.74, 6) is -0.0483. The molecule has 7 heteroatoms. The Morgan fingerprint density at radius 1 is 1.00 bits per heavy atom. The molecular formula is C18H15N5O2. The van der Waals surface area contributed by atoms with Crippen LogP contribution < -0.4 is 11.1 Å². The Hall–Kier alpha value is -3.61. The second kappa shape index (κ2) is 7.31. The number of aryl methyl sites for hydroxylation is 1. The van der Waals surface area contributed by atoms with Gasteiger partial charge in [0, 0.05) is 11.1 Å². The van der Waals surface area contributed by atoms with Crippen molar-refractivity contribution in [3.05, 3.63) is 88.0 Å². The van der Waals surface area contributed by atoms with E-state index in [9.17, 15) is 9.59 Å². The molecule has 7 nitrogen and oxygen atoms in total. The topological polar surface area (TPSA) is 100 Å². The fourth-order valence-electron chi connectivity index (χ4n) is 2.18. The van der Waals surface area contributed by atoms with Crippen molar-refractivity contribution in [3.8, 4) is 0 Å². The molecule has 0 aliphatic carbocycles. The molecule has 1 aromatic heterocycles. The Morgan fingerprint density at radius 2 is 1.60 bits per heavy atom. The summed E-state index contributed by atoms with van der Waals surface area (Å²) in [5.41, 5.74) is 3.92. The summed E-state index contributed by atoms with van der Waals surface area (Å²) in [6.07, 6.45) is 0. The van der Waals surface area contributed by atoms with Crippen molar-refractivity contribution in [2.75, 3.05) is 5.43 Å². The number of hydrazone groups is 1. The summed E-state index contributed by atoms with van der Waals surface area (Å²) in [7, 11) is 0. The Balaban J connectivity index is 2.01. The lowest BCUT2D eigenvalue weighted by Crippen LogP contribution is -2.20. The number of aromatic amines is 1. The molecule has 0 aliphatic rings. The maximum absolute atomic E-state index is 12.8. The van der Waals surface area contributed by atoms with Crippen molar-refractivity contribution in [1.82, 2.24) is 15.2 Å². The average molecular weight is 333 g/mol. The summed E-state index contributed by atoms with van der Waals surface area (Å²) in [5, 5.41) is 10.3. The van der Waals surface area contributed by atoms with Gasteiger partial charge in [0.1, 0.15) is 11.4 Å². The molecule has 0 aliphatic heterocycles. The second-order valence-electron chi connectivity index (χ2n) is 5.21. The highest BCUT2D eigenvalue weighted by molar-refractivity contribution is 6.51. The van der Waals surface area contributed by atoms with E-state index in [1.54, 1.807) is 43.3 Å². The molecule has 0 unspecified atom stereocenters. The minimum atomic E-state index is -0.598. The molecule has 0 saturated heterocycles. The average Bonchev–Trinajstić information content (AvgIpc) is 2.66. The van der Waals surface area contributed by atoms with Crippen molar-refractivity contribution >= 4 is 17.3 Å². The lowest BCUT2D eigenvalue weighted by atomic mass is 10.0. The van der Waals surface area contributed by atoms with Crippen molar-refractivity contribution in [3.63, 3.8) is 0 Å². The summed E-state index contributed by atoms with van der Waals surface area (Å²) in [4.78, 5) is 27.9. The van der Waals surface area contributed by atoms with E-state index in [2.05, 4.69) is 25.7 Å². The predicted molar refractivity (Wildman–Crippen MR) is 94.8 cm³/mol. The van der Waals surface area contributed by atoms with Crippen LogP contribution in [0.1, 0.15) is 21.6 Å². The fourth-order valence-corrected chi connectivity index (χ4v) is 2.18. The van der Waals surface area contributed by atoms with E-state index < -0.39 is 5.69 Å². The van der Waals surface area contributed by atoms with Gasteiger partial charge in [0.2, 0.25) is 5.78 Å². The van der Waals surface area contributed by atoms with Crippen molar-refractivity contribution < 1.29 is 4.79 Å². The van der Waals surface area contributed by atoms with Crippen LogP contribution in [0, 0.1) is 6.92 Å². The minimum Gasteiger partial charge on any atom is -0.287 e. The third kappa shape index (κ3) is 3.84. The van der Waals surface area contributed by atoms with Gasteiger partial charge in [-0.25, -0.2) is 9.89 Å². The zero-order chi connectivity index (χ0) is 17.6. The highest BCUT2D eigenvalue weighted by Crippen LogP contribution is 2.11. The normalized spacial score (nSPS) is 11.2. The van der Waals surface area contributed by atoms with E-state index in [-0.39, 0.29) is 17.3 Å². The molecule has 0 spiro atoms. The molecule has 3 rings (SSSR count). The monoisotopic (exact) mass is 333 g/mol. The van der Waals surface area contributed by atoms with E-state index in [1.807, 2.05) is 24.3 Å². The Morgan fingerprint density at radius 3 is 2.24 bits per heavy atom. The zero-order valence-corrected chi connectivity index (χ0v) is 13.4. The quantitative estimate of drug-likeness (QED) is 0.423. The lowest BCUT2D eigenvalue weighted by Gasteiger charge is -2.08. The van der Waals surface area contributed by atoms with Crippen LogP contribution in [-0.4, -0.2) is 26.7 Å². The maximum Gasteiger partial charge on any atom is 0.363 e. The van der Waals surface area contributed by atoms with Crippen LogP contribution in [-0.2, 0) is 0 Å². The first-order valence-electron chi connectivity index (χ1n) is 7.57. The van der Waals surface area contributed by atoms with Crippen LogP contribution in [0.2, 0.25) is 0 Å². The van der Waals surface area contributed by atoms with E-state index in [1.165, 1.54) is 0 Å². The third-order valence-electron chi connectivity index (χ3n) is 3.45. The number of carbonyl (C=O) groups is 1. The van der Waals surface area contributed by atoms with Gasteiger partial charge < -0.3 is 0 Å². The standard InChI is InChI=1S/C18H15N5O2/c1-12-17(19-18(25)23-20-12)22-21-15(13-8-4-2-5-9-13)16(24)14-10-6-3-7-11-14/h2-11H,1H3,(H2,19,22,23,25)/b21-15+. The van der Waals surface area contributed by atoms with Crippen molar-refractivity contribution in [2.24, 2.45) is 5.10 Å². The van der Waals surface area contributed by atoms with Gasteiger partial charge in [-0.05, 0) is 6.92 Å². The molecule has 0 saturated carbocycles. The van der Waals surface area contributed by atoms with Gasteiger partial charge in [-0.1, -0.05) is 60.7 Å². The molecule has 0 radical (unpaired) electrons. The molecule has 124 valence electrons. The van der Waals surface area contributed by atoms with Crippen LogP contribution in [0.5, 0.6) is 0 Å². The number of aromatic nitrogens is 3. The smallest absolute Gasteiger partial charge is 0.287 e. The maximum atomic E-state index is 12.8. The number of Topliss-reactive ketones (excluding diaryl/α,β-unsaturated/α-hetero) is 1. The number of nitrogens with one attached hydrogen (secondary N) is 2. The number of nitrogens with zero attached hydrogens (tertiary/aromatic N) is 3. The first-order valence-corrected chi connectivity index (χ1v) is 7.57. The number of hydrogen-bond donors (Lipinski definition) is 2. The van der Waals surface area contributed by atoms with Crippen molar-refractivity contribution in [2.45, 2.75) is 6.92 Å². The molecular weight excluding hydrogens is 318 g/mol.